The molecule has 1 aromatic rings. The Labute approximate surface area is 126 Å². The van der Waals surface area contributed by atoms with E-state index in [1.807, 2.05) is 0 Å². The predicted octanol–water partition coefficient (Wildman–Crippen LogP) is 5.12. The molecule has 8 heteroatoms. The molecule has 2 rings (SSSR count). The SMILES string of the molecule is CC(C)=C1C(c2c(O)ccc(F)c2F)=C(OF)C(F)=C(F)C1F. The van der Waals surface area contributed by atoms with E-state index >= 15 is 0 Å². The Morgan fingerprint density at radius 3 is 2.26 bits per heavy atom. The van der Waals surface area contributed by atoms with Crippen molar-refractivity contribution in [2.24, 2.45) is 0 Å². The first-order chi connectivity index (χ1) is 10.7. The van der Waals surface area contributed by atoms with Crippen molar-refractivity contribution in [1.29, 1.82) is 0 Å². The van der Waals surface area contributed by atoms with Gasteiger partial charge in [-0.1, -0.05) is 5.57 Å². The van der Waals surface area contributed by atoms with Gasteiger partial charge >= 0.3 is 0 Å². The van der Waals surface area contributed by atoms with Gasteiger partial charge in [0.05, 0.1) is 5.56 Å². The maximum absolute atomic E-state index is 14.1. The van der Waals surface area contributed by atoms with Gasteiger partial charge in [0.2, 0.25) is 11.6 Å². The van der Waals surface area contributed by atoms with E-state index in [0.29, 0.717) is 12.1 Å². The molecule has 1 aliphatic carbocycles. The van der Waals surface area contributed by atoms with Gasteiger partial charge in [-0.05, 0) is 26.0 Å². The third-order valence-corrected chi connectivity index (χ3v) is 3.32. The molecule has 0 saturated carbocycles. The minimum Gasteiger partial charge on any atom is -0.507 e. The first kappa shape index (κ1) is 17.0. The average Bonchev–Trinajstić information content (AvgIpc) is 2.49. The fourth-order valence-corrected chi connectivity index (χ4v) is 2.31. The number of hydrogen-bond acceptors (Lipinski definition) is 2. The van der Waals surface area contributed by atoms with E-state index in [4.69, 9.17) is 0 Å². The van der Waals surface area contributed by atoms with E-state index in [2.05, 4.69) is 4.94 Å². The molecule has 1 N–H and O–H groups in total. The molecule has 0 bridgehead atoms. The van der Waals surface area contributed by atoms with Crippen LogP contribution in [-0.4, -0.2) is 11.3 Å². The van der Waals surface area contributed by atoms with Gasteiger partial charge in [0, 0.05) is 15.7 Å². The van der Waals surface area contributed by atoms with Crippen LogP contribution < -0.4 is 0 Å². The quantitative estimate of drug-likeness (QED) is 0.760. The first-order valence-electron chi connectivity index (χ1n) is 6.29. The summed E-state index contributed by atoms with van der Waals surface area (Å²) >= 11 is 0. The maximum Gasteiger partial charge on any atom is 0.218 e. The summed E-state index contributed by atoms with van der Waals surface area (Å²) in [7, 11) is 0. The van der Waals surface area contributed by atoms with Crippen LogP contribution in [0.25, 0.3) is 5.57 Å². The van der Waals surface area contributed by atoms with Gasteiger partial charge in [-0.15, -0.1) is 0 Å². The van der Waals surface area contributed by atoms with E-state index < -0.39 is 57.7 Å². The smallest absolute Gasteiger partial charge is 0.218 e. The van der Waals surface area contributed by atoms with Crippen molar-refractivity contribution in [2.75, 3.05) is 0 Å². The first-order valence-corrected chi connectivity index (χ1v) is 6.29. The highest BCUT2D eigenvalue weighted by Gasteiger charge is 2.40. The van der Waals surface area contributed by atoms with Crippen LogP contribution in [0.3, 0.4) is 0 Å². The standard InChI is InChI=1S/C15H10F6O2/c1-5(2)8-10(9-7(22)4-3-6(16)11(9)17)15(23-21)14(20)13(19)12(8)18/h3-4,12,22H,1-2H3. The molecule has 2 nitrogen and oxygen atoms in total. The van der Waals surface area contributed by atoms with Crippen LogP contribution >= 0.6 is 0 Å². The van der Waals surface area contributed by atoms with Crippen molar-refractivity contribution in [3.8, 4) is 5.75 Å². The van der Waals surface area contributed by atoms with E-state index in [1.54, 1.807) is 0 Å². The second kappa shape index (κ2) is 6.02. The molecule has 0 aliphatic heterocycles. The van der Waals surface area contributed by atoms with E-state index in [0.717, 1.165) is 0 Å². The monoisotopic (exact) mass is 336 g/mol. The van der Waals surface area contributed by atoms with Crippen LogP contribution in [0.15, 0.2) is 40.7 Å². The largest absolute Gasteiger partial charge is 0.507 e. The summed E-state index contributed by atoms with van der Waals surface area (Å²) in [6, 6.07) is 1.27. The molecular weight excluding hydrogens is 326 g/mol. The summed E-state index contributed by atoms with van der Waals surface area (Å²) < 4.78 is 81.6. The van der Waals surface area contributed by atoms with Gasteiger partial charge in [0.25, 0.3) is 0 Å². The van der Waals surface area contributed by atoms with Crippen LogP contribution in [0.5, 0.6) is 5.75 Å². The number of phenols is 1. The van der Waals surface area contributed by atoms with Crippen LogP contribution in [-0.2, 0) is 4.94 Å². The highest BCUT2D eigenvalue weighted by molar-refractivity contribution is 5.89. The number of benzene rings is 1. The fraction of sp³-hybridized carbons (Fsp3) is 0.200. The molecular formula is C15H10F6O2. The normalized spacial score (nSPS) is 18.6. The number of rotatable bonds is 2. The van der Waals surface area contributed by atoms with Crippen molar-refractivity contribution in [3.05, 3.63) is 57.9 Å². The van der Waals surface area contributed by atoms with Crippen LogP contribution in [0.4, 0.5) is 26.5 Å². The third-order valence-electron chi connectivity index (χ3n) is 3.32. The molecule has 0 saturated heterocycles. The maximum atomic E-state index is 14.1. The van der Waals surface area contributed by atoms with Crippen molar-refractivity contribution in [1.82, 2.24) is 0 Å². The number of phenolic OH excluding ortho intramolecular Hbond substituents is 1. The number of aromatic hydroxyl groups is 1. The van der Waals surface area contributed by atoms with Gasteiger partial charge < -0.3 is 5.11 Å². The lowest BCUT2D eigenvalue weighted by molar-refractivity contribution is -0.0820. The van der Waals surface area contributed by atoms with Crippen molar-refractivity contribution in [3.63, 3.8) is 0 Å². The lowest BCUT2D eigenvalue weighted by atomic mass is 9.85. The Morgan fingerprint density at radius 1 is 1.13 bits per heavy atom. The summed E-state index contributed by atoms with van der Waals surface area (Å²) in [6.07, 6.45) is -2.68. The van der Waals surface area contributed by atoms with Crippen molar-refractivity contribution >= 4 is 5.57 Å². The summed E-state index contributed by atoms with van der Waals surface area (Å²) in [5.41, 5.74) is -2.61. The topological polar surface area (TPSA) is 29.5 Å². The van der Waals surface area contributed by atoms with Gasteiger partial charge in [-0.3, -0.25) is 4.94 Å². The Morgan fingerprint density at radius 2 is 1.74 bits per heavy atom. The predicted molar refractivity (Wildman–Crippen MR) is 69.6 cm³/mol. The van der Waals surface area contributed by atoms with Gasteiger partial charge in [0.1, 0.15) is 5.75 Å². The van der Waals surface area contributed by atoms with E-state index in [9.17, 15) is 31.6 Å². The zero-order valence-electron chi connectivity index (χ0n) is 11.9. The molecule has 0 aromatic heterocycles. The number of alkyl halides is 1. The highest BCUT2D eigenvalue weighted by Crippen LogP contribution is 2.47. The fourth-order valence-electron chi connectivity index (χ4n) is 2.31. The summed E-state index contributed by atoms with van der Waals surface area (Å²) in [5.74, 6) is -9.54. The molecule has 0 amide bonds. The van der Waals surface area contributed by atoms with E-state index in [1.165, 1.54) is 13.8 Å². The lowest BCUT2D eigenvalue weighted by Crippen LogP contribution is -2.18. The minimum absolute atomic E-state index is 0.0211. The number of allylic oxidation sites excluding steroid dienone is 5. The summed E-state index contributed by atoms with van der Waals surface area (Å²) in [6.45, 7) is 2.53. The van der Waals surface area contributed by atoms with Gasteiger partial charge in [0.15, 0.2) is 23.6 Å². The molecule has 0 heterocycles. The molecule has 23 heavy (non-hydrogen) atoms. The molecule has 1 aliphatic rings. The Hall–Kier alpha value is -2.38. The van der Waals surface area contributed by atoms with Crippen molar-refractivity contribution in [2.45, 2.75) is 20.0 Å². The lowest BCUT2D eigenvalue weighted by Gasteiger charge is -2.24. The number of halogens is 6. The molecule has 0 spiro atoms. The molecule has 1 aromatic carbocycles. The van der Waals surface area contributed by atoms with E-state index in [-0.39, 0.29) is 5.57 Å². The number of hydrogen-bond donors (Lipinski definition) is 1. The molecule has 124 valence electrons. The molecule has 0 fully saturated rings. The Kier molecular flexibility index (Phi) is 4.44. The van der Waals surface area contributed by atoms with Gasteiger partial charge in [-0.2, -0.15) is 4.39 Å². The molecule has 0 radical (unpaired) electrons. The molecule has 1 unspecified atom stereocenters. The zero-order chi connectivity index (χ0) is 17.5. The van der Waals surface area contributed by atoms with Crippen LogP contribution in [0, 0.1) is 11.6 Å². The Balaban J connectivity index is 2.97. The second-order valence-electron chi connectivity index (χ2n) is 4.97. The van der Waals surface area contributed by atoms with Crippen LogP contribution in [0.1, 0.15) is 19.4 Å². The summed E-state index contributed by atoms with van der Waals surface area (Å²) in [4.78, 5) is 3.23. The van der Waals surface area contributed by atoms with Crippen molar-refractivity contribution < 1.29 is 36.5 Å². The van der Waals surface area contributed by atoms with Gasteiger partial charge in [-0.25, -0.2) is 17.6 Å². The van der Waals surface area contributed by atoms with Crippen LogP contribution in [0.2, 0.25) is 0 Å². The Bertz CT molecular complexity index is 759. The second-order valence-corrected chi connectivity index (χ2v) is 4.97. The average molecular weight is 336 g/mol. The summed E-state index contributed by atoms with van der Waals surface area (Å²) in [5, 5.41) is 9.72. The highest BCUT2D eigenvalue weighted by atomic mass is 19.3. The zero-order valence-corrected chi connectivity index (χ0v) is 11.9. The molecule has 1 atom stereocenters. The minimum atomic E-state index is -2.68. The third kappa shape index (κ3) is 2.58.